The minimum absolute atomic E-state index is 0.0906. The molecule has 0 saturated carbocycles. The van der Waals surface area contributed by atoms with E-state index in [2.05, 4.69) is 35.7 Å². The van der Waals surface area contributed by atoms with Crippen LogP contribution >= 0.6 is 22.9 Å². The quantitative estimate of drug-likeness (QED) is 0.358. The highest BCUT2D eigenvalue weighted by Crippen LogP contribution is 2.23. The molecule has 0 spiro atoms. The number of rotatable bonds is 7. The first-order chi connectivity index (χ1) is 16.7. The molecule has 0 atom stereocenters. The third-order valence-corrected chi connectivity index (χ3v) is 8.21. The number of hydrogen-bond donors (Lipinski definition) is 1. The van der Waals surface area contributed by atoms with Crippen LogP contribution in [0.5, 0.6) is 0 Å². The average Bonchev–Trinajstić information content (AvgIpc) is 3.13. The molecule has 0 unspecified atom stereocenters. The van der Waals surface area contributed by atoms with Gasteiger partial charge in [0.2, 0.25) is 0 Å². The molecule has 182 valence electrons. The van der Waals surface area contributed by atoms with Crippen LogP contribution in [0.15, 0.2) is 70.6 Å². The first-order valence-corrected chi connectivity index (χ1v) is 13.4. The van der Waals surface area contributed by atoms with Gasteiger partial charge in [0.05, 0.1) is 21.7 Å². The highest BCUT2D eigenvalue weighted by atomic mass is 35.5. The summed E-state index contributed by atoms with van der Waals surface area (Å²) in [7, 11) is -2.14. The van der Waals surface area contributed by atoms with Crippen LogP contribution in [-0.2, 0) is 21.3 Å². The van der Waals surface area contributed by atoms with Gasteiger partial charge in [0.25, 0.3) is 15.9 Å². The zero-order chi connectivity index (χ0) is 25.2. The van der Waals surface area contributed by atoms with Crippen molar-refractivity contribution in [3.8, 4) is 0 Å². The Bertz CT molecular complexity index is 1560. The number of benzene rings is 3. The molecule has 7 nitrogen and oxygen atoms in total. The van der Waals surface area contributed by atoms with E-state index in [0.29, 0.717) is 34.2 Å². The van der Waals surface area contributed by atoms with Gasteiger partial charge in [-0.15, -0.1) is 0 Å². The van der Waals surface area contributed by atoms with Gasteiger partial charge in [0, 0.05) is 29.9 Å². The smallest absolute Gasteiger partial charge is 0.279 e. The molecule has 3 aromatic carbocycles. The van der Waals surface area contributed by atoms with Crippen molar-refractivity contribution < 1.29 is 17.9 Å². The second-order valence-corrected chi connectivity index (χ2v) is 11.1. The molecule has 0 fully saturated rings. The summed E-state index contributed by atoms with van der Waals surface area (Å²) in [6.45, 7) is 5.16. The van der Waals surface area contributed by atoms with Crippen LogP contribution in [0.3, 0.4) is 0 Å². The molecule has 10 heteroatoms. The SMILES string of the molecule is COCCn1c(=NC(=O)c2ccc(NS(=O)(=O)c3ccc(Cl)cc3)cc2)sc2cc(C)c(C)cc21. The third-order valence-electron chi connectivity index (χ3n) is 5.52. The number of halogens is 1. The predicted octanol–water partition coefficient (Wildman–Crippen LogP) is 5.16. The lowest BCUT2D eigenvalue weighted by Gasteiger charge is -2.08. The number of aromatic nitrogens is 1. The lowest BCUT2D eigenvalue weighted by Crippen LogP contribution is -2.19. The predicted molar refractivity (Wildman–Crippen MR) is 140 cm³/mol. The number of amides is 1. The Hall–Kier alpha value is -2.98. The van der Waals surface area contributed by atoms with Gasteiger partial charge in [-0.2, -0.15) is 4.99 Å². The van der Waals surface area contributed by atoms with E-state index in [1.165, 1.54) is 53.3 Å². The third kappa shape index (κ3) is 5.65. The number of carbonyl (C=O) groups is 1. The molecule has 4 rings (SSSR count). The monoisotopic (exact) mass is 529 g/mol. The average molecular weight is 530 g/mol. The molecule has 1 N–H and O–H groups in total. The highest BCUT2D eigenvalue weighted by Gasteiger charge is 2.15. The molecule has 1 amide bonds. The maximum atomic E-state index is 12.9. The van der Waals surface area contributed by atoms with Gasteiger partial charge in [-0.05, 0) is 85.6 Å². The Morgan fingerprint density at radius 2 is 1.71 bits per heavy atom. The lowest BCUT2D eigenvalue weighted by molar-refractivity contribution is 0.0997. The molecule has 0 aliphatic rings. The normalized spacial score (nSPS) is 12.3. The van der Waals surface area contributed by atoms with E-state index >= 15 is 0 Å². The summed E-state index contributed by atoms with van der Waals surface area (Å²) >= 11 is 7.28. The van der Waals surface area contributed by atoms with Crippen LogP contribution in [0, 0.1) is 13.8 Å². The van der Waals surface area contributed by atoms with Crippen molar-refractivity contribution in [3.05, 3.63) is 87.2 Å². The Morgan fingerprint density at radius 1 is 1.06 bits per heavy atom. The number of aryl methyl sites for hydroxylation is 2. The van der Waals surface area contributed by atoms with Crippen LogP contribution in [0.2, 0.25) is 5.02 Å². The first kappa shape index (κ1) is 25.1. The zero-order valence-corrected chi connectivity index (χ0v) is 21.8. The number of thiazole rings is 1. The molecule has 0 radical (unpaired) electrons. The molecule has 1 aromatic heterocycles. The fourth-order valence-corrected chi connectivity index (χ4v) is 5.78. The number of nitrogens with one attached hydrogen (secondary N) is 1. The summed E-state index contributed by atoms with van der Waals surface area (Å²) in [5.74, 6) is -0.414. The van der Waals surface area contributed by atoms with E-state index in [4.69, 9.17) is 16.3 Å². The van der Waals surface area contributed by atoms with E-state index in [1.54, 1.807) is 19.2 Å². The summed E-state index contributed by atoms with van der Waals surface area (Å²) in [4.78, 5) is 18.0. The lowest BCUT2D eigenvalue weighted by atomic mass is 10.1. The number of nitrogens with zero attached hydrogens (tertiary/aromatic N) is 2. The van der Waals surface area contributed by atoms with Gasteiger partial charge in [-0.25, -0.2) is 8.42 Å². The molecule has 0 bridgehead atoms. The van der Waals surface area contributed by atoms with Gasteiger partial charge in [0.1, 0.15) is 0 Å². The number of hydrogen-bond acceptors (Lipinski definition) is 5. The van der Waals surface area contributed by atoms with Gasteiger partial charge >= 0.3 is 0 Å². The topological polar surface area (TPSA) is 89.8 Å². The van der Waals surface area contributed by atoms with Crippen molar-refractivity contribution in [1.82, 2.24) is 4.57 Å². The number of methoxy groups -OCH3 is 1. The van der Waals surface area contributed by atoms with Gasteiger partial charge in [-0.1, -0.05) is 22.9 Å². The molecule has 0 aliphatic carbocycles. The molecule has 0 aliphatic heterocycles. The molecular weight excluding hydrogens is 506 g/mol. The molecule has 0 saturated heterocycles. The fraction of sp³-hybridized carbons (Fsp3) is 0.200. The zero-order valence-electron chi connectivity index (χ0n) is 19.4. The van der Waals surface area contributed by atoms with Crippen molar-refractivity contribution in [2.45, 2.75) is 25.3 Å². The van der Waals surface area contributed by atoms with Gasteiger partial charge < -0.3 is 9.30 Å². The second kappa shape index (κ2) is 10.3. The Labute approximate surface area is 212 Å². The minimum atomic E-state index is -3.78. The van der Waals surface area contributed by atoms with E-state index in [9.17, 15) is 13.2 Å². The van der Waals surface area contributed by atoms with Gasteiger partial charge in [0.15, 0.2) is 4.80 Å². The van der Waals surface area contributed by atoms with Crippen molar-refractivity contribution in [2.75, 3.05) is 18.4 Å². The van der Waals surface area contributed by atoms with Crippen LogP contribution < -0.4 is 9.52 Å². The van der Waals surface area contributed by atoms with E-state index in [1.807, 2.05) is 4.57 Å². The Morgan fingerprint density at radius 3 is 2.37 bits per heavy atom. The summed E-state index contributed by atoms with van der Waals surface area (Å²) in [6, 6.07) is 16.2. The summed E-state index contributed by atoms with van der Waals surface area (Å²) in [6.07, 6.45) is 0. The number of ether oxygens (including phenoxy) is 1. The standard InChI is InChI=1S/C25H24ClN3O4S2/c1-16-14-22-23(15-17(16)2)34-25(29(22)12-13-33-3)27-24(30)18-4-8-20(9-5-18)28-35(31,32)21-10-6-19(26)7-11-21/h4-11,14-15,28H,12-13H2,1-3H3. The first-order valence-electron chi connectivity index (χ1n) is 10.7. The minimum Gasteiger partial charge on any atom is -0.383 e. The van der Waals surface area contributed by atoms with Crippen LogP contribution in [0.4, 0.5) is 5.69 Å². The highest BCUT2D eigenvalue weighted by molar-refractivity contribution is 7.92. The Balaban J connectivity index is 1.61. The molecular formula is C25H24ClN3O4S2. The maximum absolute atomic E-state index is 12.9. The summed E-state index contributed by atoms with van der Waals surface area (Å²) in [5.41, 5.74) is 4.03. The van der Waals surface area contributed by atoms with E-state index < -0.39 is 15.9 Å². The van der Waals surface area contributed by atoms with E-state index in [0.717, 1.165) is 15.8 Å². The van der Waals surface area contributed by atoms with Crippen LogP contribution in [0.1, 0.15) is 21.5 Å². The number of sulfonamides is 1. The van der Waals surface area contributed by atoms with Crippen molar-refractivity contribution in [2.24, 2.45) is 4.99 Å². The van der Waals surface area contributed by atoms with E-state index in [-0.39, 0.29) is 4.90 Å². The van der Waals surface area contributed by atoms with Crippen LogP contribution in [0.25, 0.3) is 10.2 Å². The molecule has 4 aromatic rings. The van der Waals surface area contributed by atoms with Crippen molar-refractivity contribution >= 4 is 54.8 Å². The van der Waals surface area contributed by atoms with Crippen LogP contribution in [-0.4, -0.2) is 32.6 Å². The number of anilines is 1. The largest absolute Gasteiger partial charge is 0.383 e. The second-order valence-electron chi connectivity index (χ2n) is 7.99. The van der Waals surface area contributed by atoms with Crippen molar-refractivity contribution in [1.29, 1.82) is 0 Å². The Kier molecular flexibility index (Phi) is 7.42. The maximum Gasteiger partial charge on any atom is 0.279 e. The molecule has 1 heterocycles. The summed E-state index contributed by atoms with van der Waals surface area (Å²) < 4.78 is 35.9. The summed E-state index contributed by atoms with van der Waals surface area (Å²) in [5, 5.41) is 0.447. The number of carbonyl (C=O) groups excluding carboxylic acids is 1. The van der Waals surface area contributed by atoms with Gasteiger partial charge in [-0.3, -0.25) is 9.52 Å². The van der Waals surface area contributed by atoms with Crippen molar-refractivity contribution in [3.63, 3.8) is 0 Å². The molecule has 35 heavy (non-hydrogen) atoms. The number of fused-ring (bicyclic) bond motifs is 1. The fourth-order valence-electron chi connectivity index (χ4n) is 3.47.